The largest absolute Gasteiger partial charge is 0.456 e. The first-order valence-electron chi connectivity index (χ1n) is 36.5. The van der Waals surface area contributed by atoms with E-state index in [-0.39, 0.29) is 59.5 Å². The van der Waals surface area contributed by atoms with Crippen molar-refractivity contribution in [2.24, 2.45) is 0 Å². The van der Waals surface area contributed by atoms with Crippen LogP contribution in [0, 0.1) is 0 Å². The van der Waals surface area contributed by atoms with Crippen molar-refractivity contribution in [1.82, 2.24) is 0 Å². The molecule has 2 heteroatoms. The maximum Gasteiger partial charge on any atom is 0.136 e. The number of para-hydroxylation sites is 1. The zero-order valence-corrected chi connectivity index (χ0v) is 50.5. The lowest BCUT2D eigenvalue weighted by atomic mass is 9.84. The summed E-state index contributed by atoms with van der Waals surface area (Å²) in [5.74, 6) is 0. The Morgan fingerprint density at radius 3 is 1.16 bits per heavy atom. The molecule has 2 aromatic heterocycles. The molecule has 0 atom stereocenters. The van der Waals surface area contributed by atoms with Gasteiger partial charge in [0.2, 0.25) is 0 Å². The van der Waals surface area contributed by atoms with E-state index < -0.39 is 12.1 Å². The monoisotopic (exact) mass is 1200 g/mol. The van der Waals surface area contributed by atoms with Gasteiger partial charge in [-0.1, -0.05) is 303 Å². The molecule has 17 aromatic carbocycles. The van der Waals surface area contributed by atoms with Gasteiger partial charge in [-0.3, -0.25) is 0 Å². The predicted octanol–water partition coefficient (Wildman–Crippen LogP) is 26.3. The summed E-state index contributed by atoms with van der Waals surface area (Å²) in [4.78, 5) is 0. The molecular weight excluding hydrogens is 1140 g/mol. The Bertz CT molecular complexity index is 6640. The van der Waals surface area contributed by atoms with Crippen LogP contribution in [0.25, 0.3) is 187 Å². The van der Waals surface area contributed by atoms with Crippen molar-refractivity contribution in [3.63, 3.8) is 0 Å². The lowest BCUT2D eigenvalue weighted by Gasteiger charge is -2.19. The van der Waals surface area contributed by atoms with Crippen LogP contribution in [0.5, 0.6) is 0 Å². The fourth-order valence-corrected chi connectivity index (χ4v) is 14.4. The quantitative estimate of drug-likeness (QED) is 0.142. The van der Waals surface area contributed by atoms with Gasteiger partial charge in [-0.05, 0) is 186 Å². The van der Waals surface area contributed by atoms with Crippen LogP contribution >= 0.6 is 0 Å². The Balaban J connectivity index is 0.000000149. The zero-order valence-electron chi connectivity index (χ0n) is 60.5. The molecule has 19 aromatic rings. The molecule has 0 saturated carbocycles. The highest BCUT2D eigenvalue weighted by molar-refractivity contribution is 6.24. The standard InChI is InChI=1S/C48H30O.C44H28O/c1-2-14-32(15-3-1)45-38-19-6-8-21-40(38)46(41-22-9-7-20-39(41)45)35-17-12-18-36(30-35)47-37(34-26-25-31-13-4-5-16-33(31)29-34)27-28-44-48(47)42-23-10-11-24-43(42)49-44;1-3-13-29(14-4-1)31-25-26-40-39(28-31)44-34(23-12-24-41(44)45-40)32-17-11-18-33(27-32)43-37-21-9-7-19-35(37)42(30-15-5-2-6-16-30)36-20-8-10-22-38(36)43/h1-30H;1-28H/i1D,2D,3D,14D,15D;2D,5D,6D,15D,16D. The van der Waals surface area contributed by atoms with Crippen LogP contribution in [-0.4, -0.2) is 0 Å². The van der Waals surface area contributed by atoms with Crippen LogP contribution in [0.2, 0.25) is 0 Å². The summed E-state index contributed by atoms with van der Waals surface area (Å²) in [5.41, 5.74) is 17.7. The molecule has 2 nitrogen and oxygen atoms in total. The van der Waals surface area contributed by atoms with Gasteiger partial charge in [-0.2, -0.15) is 0 Å². The topological polar surface area (TPSA) is 26.3 Å². The molecule has 0 bridgehead atoms. The molecular formula is C92H58O2. The van der Waals surface area contributed by atoms with Gasteiger partial charge in [0.15, 0.2) is 0 Å². The van der Waals surface area contributed by atoms with Gasteiger partial charge in [0.25, 0.3) is 0 Å². The lowest BCUT2D eigenvalue weighted by Crippen LogP contribution is -1.92. The number of fused-ring (bicyclic) bond motifs is 11. The van der Waals surface area contributed by atoms with Crippen LogP contribution < -0.4 is 0 Å². The summed E-state index contributed by atoms with van der Waals surface area (Å²) < 4.78 is 98.6. The van der Waals surface area contributed by atoms with Gasteiger partial charge in [0.1, 0.15) is 22.3 Å². The SMILES string of the molecule is [2H]c1c([2H])c([2H])c(-c2c3ccccc3c(-c3cccc(-c4c(-c5ccc6ccccc6c5)ccc5oc6ccccc6c45)c3)c3ccccc23)c([2H])c1[2H].[2H]c1c([2H])c([2H])c(-c2c3ccccc3c(-c3cccc(-c4cccc5oc6ccc(-c7ccccc7)cc6c45)c3)c3ccccc23)c([2H])c1[2H]. The van der Waals surface area contributed by atoms with E-state index in [2.05, 4.69) is 170 Å². The van der Waals surface area contributed by atoms with Crippen molar-refractivity contribution in [2.45, 2.75) is 0 Å². The van der Waals surface area contributed by atoms with Crippen LogP contribution in [0.3, 0.4) is 0 Å². The van der Waals surface area contributed by atoms with Gasteiger partial charge in [-0.25, -0.2) is 0 Å². The van der Waals surface area contributed by atoms with Crippen molar-refractivity contribution in [3.05, 3.63) is 352 Å². The van der Waals surface area contributed by atoms with Crippen LogP contribution in [0.1, 0.15) is 13.7 Å². The predicted molar refractivity (Wildman–Crippen MR) is 398 cm³/mol. The molecule has 0 aliphatic rings. The van der Waals surface area contributed by atoms with Crippen molar-refractivity contribution < 1.29 is 22.5 Å². The van der Waals surface area contributed by atoms with E-state index in [9.17, 15) is 0 Å². The second-order valence-electron chi connectivity index (χ2n) is 23.7. The van der Waals surface area contributed by atoms with Crippen LogP contribution in [-0.2, 0) is 0 Å². The summed E-state index contributed by atoms with van der Waals surface area (Å²) in [6.45, 7) is 0. The molecule has 0 aliphatic heterocycles. The average Bonchev–Trinajstić information content (AvgIpc) is 0.986. The lowest BCUT2D eigenvalue weighted by molar-refractivity contribution is 0.668. The molecule has 438 valence electrons. The van der Waals surface area contributed by atoms with Crippen molar-refractivity contribution in [3.8, 4) is 89.0 Å². The minimum atomic E-state index is -0.403. The van der Waals surface area contributed by atoms with Crippen LogP contribution in [0.15, 0.2) is 360 Å². The van der Waals surface area contributed by atoms with Crippen molar-refractivity contribution in [2.75, 3.05) is 0 Å². The summed E-state index contributed by atoms with van der Waals surface area (Å²) >= 11 is 0. The number of furan rings is 2. The van der Waals surface area contributed by atoms with Crippen LogP contribution in [0.4, 0.5) is 0 Å². The van der Waals surface area contributed by atoms with Crippen molar-refractivity contribution in [1.29, 1.82) is 0 Å². The first-order chi connectivity index (χ1) is 50.8. The molecule has 0 spiro atoms. The molecule has 19 rings (SSSR count). The molecule has 0 unspecified atom stereocenters. The number of benzene rings is 17. The van der Waals surface area contributed by atoms with E-state index in [0.717, 1.165) is 154 Å². The molecule has 2 heterocycles. The fraction of sp³-hybridized carbons (Fsp3) is 0. The van der Waals surface area contributed by atoms with Gasteiger partial charge in [0, 0.05) is 27.1 Å². The van der Waals surface area contributed by atoms with E-state index in [4.69, 9.17) is 22.5 Å². The minimum Gasteiger partial charge on any atom is -0.456 e. The molecule has 94 heavy (non-hydrogen) atoms. The van der Waals surface area contributed by atoms with E-state index in [1.807, 2.05) is 121 Å². The minimum absolute atomic E-state index is 0.201. The number of hydrogen-bond donors (Lipinski definition) is 0. The van der Waals surface area contributed by atoms with Gasteiger partial charge >= 0.3 is 0 Å². The summed E-state index contributed by atoms with van der Waals surface area (Å²) in [7, 11) is 0. The van der Waals surface area contributed by atoms with Crippen molar-refractivity contribution >= 4 is 97.7 Å². The van der Waals surface area contributed by atoms with E-state index in [1.165, 1.54) is 10.8 Å². The summed E-state index contributed by atoms with van der Waals surface area (Å²) in [5, 5.41) is 13.6. The zero-order chi connectivity index (χ0) is 70.8. The molecule has 0 saturated heterocycles. The van der Waals surface area contributed by atoms with Gasteiger partial charge < -0.3 is 8.83 Å². The third-order valence-corrected chi connectivity index (χ3v) is 18.5. The maximum atomic E-state index is 8.93. The summed E-state index contributed by atoms with van der Waals surface area (Å²) in [6, 6.07) is 96.4. The third kappa shape index (κ3) is 9.26. The Hall–Kier alpha value is -12.4. The fourth-order valence-electron chi connectivity index (χ4n) is 14.4. The Morgan fingerprint density at radius 1 is 0.191 bits per heavy atom. The van der Waals surface area contributed by atoms with Gasteiger partial charge in [-0.15, -0.1) is 0 Å². The smallest absolute Gasteiger partial charge is 0.136 e. The first kappa shape index (κ1) is 45.0. The maximum absolute atomic E-state index is 8.93. The summed E-state index contributed by atoms with van der Waals surface area (Å²) in [6.07, 6.45) is 0. The molecule has 0 N–H and O–H groups in total. The average molecular weight is 1210 g/mol. The first-order valence-corrected chi connectivity index (χ1v) is 31.5. The van der Waals surface area contributed by atoms with E-state index >= 15 is 0 Å². The molecule has 0 amide bonds. The number of hydrogen-bond acceptors (Lipinski definition) is 2. The van der Waals surface area contributed by atoms with E-state index in [1.54, 1.807) is 0 Å². The Morgan fingerprint density at radius 2 is 0.585 bits per heavy atom. The molecule has 0 radical (unpaired) electrons. The normalized spacial score (nSPS) is 13.1. The number of rotatable bonds is 8. The Kier molecular flexibility index (Phi) is 10.9. The van der Waals surface area contributed by atoms with Gasteiger partial charge in [0.05, 0.1) is 13.7 Å². The second-order valence-corrected chi connectivity index (χ2v) is 23.7. The molecule has 0 aliphatic carbocycles. The third-order valence-electron chi connectivity index (χ3n) is 18.5. The Labute approximate surface area is 558 Å². The highest BCUT2D eigenvalue weighted by atomic mass is 16.3. The highest BCUT2D eigenvalue weighted by Gasteiger charge is 2.23. The highest BCUT2D eigenvalue weighted by Crippen LogP contribution is 2.49. The second kappa shape index (κ2) is 22.8. The van der Waals surface area contributed by atoms with E-state index in [0.29, 0.717) is 11.1 Å². The molecule has 0 fully saturated rings.